The van der Waals surface area contributed by atoms with Gasteiger partial charge in [-0.25, -0.2) is 18.2 Å². The molecule has 1 aliphatic carbocycles. The van der Waals surface area contributed by atoms with Gasteiger partial charge in [-0.2, -0.15) is 16.8 Å². The van der Waals surface area contributed by atoms with Crippen LogP contribution in [-0.4, -0.2) is 79.2 Å². The summed E-state index contributed by atoms with van der Waals surface area (Å²) in [5, 5.41) is 0.448. The summed E-state index contributed by atoms with van der Waals surface area (Å²) in [6, 6.07) is 0. The molecule has 2 saturated heterocycles. The van der Waals surface area contributed by atoms with Crippen molar-refractivity contribution < 1.29 is 27.4 Å². The number of piperidine rings is 1. The van der Waals surface area contributed by atoms with E-state index in [1.165, 1.54) is 6.08 Å². The summed E-state index contributed by atoms with van der Waals surface area (Å²) in [4.78, 5) is 22.6. The highest BCUT2D eigenvalue weighted by Gasteiger charge is 2.35. The lowest BCUT2D eigenvalue weighted by Crippen LogP contribution is -2.38. The van der Waals surface area contributed by atoms with Crippen LogP contribution in [0.5, 0.6) is 0 Å². The maximum absolute atomic E-state index is 14.6. The van der Waals surface area contributed by atoms with Crippen LogP contribution in [0.2, 0.25) is 0 Å². The number of amides is 1. The largest absolute Gasteiger partial charge is 0.493 e. The van der Waals surface area contributed by atoms with E-state index in [2.05, 4.69) is 9.98 Å². The van der Waals surface area contributed by atoms with Gasteiger partial charge in [-0.15, -0.1) is 0 Å². The van der Waals surface area contributed by atoms with Crippen molar-refractivity contribution in [2.75, 3.05) is 45.2 Å². The topological polar surface area (TPSA) is 63.5 Å². The summed E-state index contributed by atoms with van der Waals surface area (Å²) in [6.07, 6.45) is 3.96. The van der Waals surface area contributed by atoms with Crippen LogP contribution >= 0.6 is 11.8 Å². The smallest absolute Gasteiger partial charge is 0.263 e. The normalized spacial score (nSPS) is 25.8. The first-order valence-electron chi connectivity index (χ1n) is 11.1. The molecule has 32 heavy (non-hydrogen) atoms. The molecule has 4 aliphatic rings. The fraction of sp³-hybridized carbons (Fsp3) is 0.682. The van der Waals surface area contributed by atoms with Crippen LogP contribution in [-0.2, 0) is 14.3 Å². The van der Waals surface area contributed by atoms with Gasteiger partial charge in [-0.05, 0) is 44.7 Å². The second kappa shape index (κ2) is 11.0. The Morgan fingerprint density at radius 3 is 2.62 bits per heavy atom. The minimum absolute atomic E-state index is 0.196. The number of carbonyl (C=O) groups excluding carboxylic acids is 1. The highest BCUT2D eigenvalue weighted by molar-refractivity contribution is 8.00. The van der Waals surface area contributed by atoms with Gasteiger partial charge >= 0.3 is 0 Å². The summed E-state index contributed by atoms with van der Waals surface area (Å²) in [5.74, 6) is -0.767. The first kappa shape index (κ1) is 23.5. The molecular weight excluding hydrogens is 443 g/mol. The van der Waals surface area contributed by atoms with Gasteiger partial charge in [-0.1, -0.05) is 0 Å². The van der Waals surface area contributed by atoms with Crippen LogP contribution in [0.3, 0.4) is 0 Å². The number of fused-ring (bicyclic) bond motifs is 1. The number of alkyl halides is 2. The van der Waals surface area contributed by atoms with Gasteiger partial charge < -0.3 is 9.47 Å². The molecule has 0 aromatic rings. The van der Waals surface area contributed by atoms with E-state index in [-0.39, 0.29) is 12.5 Å². The van der Waals surface area contributed by atoms with E-state index in [9.17, 15) is 18.0 Å². The third-order valence-corrected chi connectivity index (χ3v) is 7.46. The quantitative estimate of drug-likeness (QED) is 0.541. The number of rotatable bonds is 8. The number of hydrogen-bond donors (Lipinski definition) is 0. The monoisotopic (exact) mass is 471 g/mol. The fourth-order valence-corrected chi connectivity index (χ4v) is 5.31. The van der Waals surface area contributed by atoms with Crippen molar-refractivity contribution in [3.63, 3.8) is 0 Å². The van der Waals surface area contributed by atoms with Gasteiger partial charge in [-0.3, -0.25) is 9.69 Å². The molecule has 0 radical (unpaired) electrons. The van der Waals surface area contributed by atoms with Gasteiger partial charge in [0.2, 0.25) is 0 Å². The van der Waals surface area contributed by atoms with Gasteiger partial charge in [0.15, 0.2) is 0 Å². The predicted octanol–water partition coefficient (Wildman–Crippen LogP) is 3.64. The van der Waals surface area contributed by atoms with Crippen LogP contribution in [0.15, 0.2) is 33.7 Å². The Labute approximate surface area is 190 Å². The molecule has 2 fully saturated rings. The van der Waals surface area contributed by atoms with E-state index in [0.29, 0.717) is 48.0 Å². The highest BCUT2D eigenvalue weighted by atomic mass is 32.2. The summed E-state index contributed by atoms with van der Waals surface area (Å²) < 4.78 is 50.8. The van der Waals surface area contributed by atoms with Crippen molar-refractivity contribution in [2.24, 2.45) is 21.8 Å². The molecular formula is C22H28F3N3O3S. The Bertz CT molecular complexity index is 816. The molecule has 6 nitrogen and oxygen atoms in total. The van der Waals surface area contributed by atoms with Crippen molar-refractivity contribution in [2.45, 2.75) is 37.4 Å². The van der Waals surface area contributed by atoms with Crippen LogP contribution in [0.25, 0.3) is 0 Å². The molecule has 1 amide bonds. The minimum atomic E-state index is -2.32. The second-order valence-corrected chi connectivity index (χ2v) is 9.77. The number of aliphatic imine (C=N–C) groups is 2. The maximum Gasteiger partial charge on any atom is 0.263 e. The molecule has 0 saturated carbocycles. The summed E-state index contributed by atoms with van der Waals surface area (Å²) in [5.41, 5.74) is 0.328. The molecule has 0 bridgehead atoms. The van der Waals surface area contributed by atoms with Crippen LogP contribution < -0.4 is 0 Å². The maximum atomic E-state index is 14.6. The number of allylic oxidation sites excluding steroid dienone is 2. The van der Waals surface area contributed by atoms with E-state index in [0.717, 1.165) is 38.9 Å². The molecule has 10 heteroatoms. The zero-order valence-corrected chi connectivity index (χ0v) is 18.7. The number of halogens is 3. The number of nitrogens with zero attached hydrogens (tertiary/aromatic N) is 3. The molecule has 176 valence electrons. The van der Waals surface area contributed by atoms with E-state index in [4.69, 9.17) is 9.47 Å². The number of ether oxygens (including phenoxy) is 2. The van der Waals surface area contributed by atoms with Crippen molar-refractivity contribution in [1.82, 2.24) is 4.90 Å². The van der Waals surface area contributed by atoms with Crippen molar-refractivity contribution >= 4 is 29.2 Å². The molecule has 3 heterocycles. The summed E-state index contributed by atoms with van der Waals surface area (Å²) >= 11 is 1.70. The fourth-order valence-electron chi connectivity index (χ4n) is 4.27. The lowest BCUT2D eigenvalue weighted by molar-refractivity contribution is -0.119. The number of thioether (sulfide) groups is 1. The number of carbonyl (C=O) groups is 1. The summed E-state index contributed by atoms with van der Waals surface area (Å²) in [7, 11) is 0. The molecule has 0 aromatic heterocycles. The first-order valence-corrected chi connectivity index (χ1v) is 12.1. The Balaban J connectivity index is 1.32. The third-order valence-electron chi connectivity index (χ3n) is 6.09. The molecule has 1 atom stereocenters. The molecule has 1 unspecified atom stereocenters. The molecule has 4 rings (SSSR count). The Morgan fingerprint density at radius 1 is 1.16 bits per heavy atom. The van der Waals surface area contributed by atoms with E-state index < -0.39 is 24.1 Å². The zero-order valence-electron chi connectivity index (χ0n) is 17.9. The molecule has 0 spiro atoms. The Kier molecular flexibility index (Phi) is 8.07. The number of hydrogen-bond acceptors (Lipinski definition) is 6. The number of likely N-dealkylation sites (tertiary alicyclic amines) is 1. The van der Waals surface area contributed by atoms with Crippen LogP contribution in [0.4, 0.5) is 13.2 Å². The second-order valence-electron chi connectivity index (χ2n) is 8.48. The molecule has 0 N–H and O–H groups in total. The van der Waals surface area contributed by atoms with E-state index in [1.807, 2.05) is 0 Å². The Morgan fingerprint density at radius 2 is 1.91 bits per heavy atom. The first-order chi connectivity index (χ1) is 15.5. The third kappa shape index (κ3) is 6.23. The van der Waals surface area contributed by atoms with Crippen molar-refractivity contribution in [3.8, 4) is 0 Å². The van der Waals surface area contributed by atoms with Crippen LogP contribution in [0.1, 0.15) is 25.7 Å². The SMILES string of the molecule is O=C1N=C(CSC2CCOCC2)N=C2C=C(OCC3CCN(CC(F)F)CC3)C=C(F)C12. The standard InChI is InChI=1S/C22H28F3N3O3S/c23-17-9-15(31-12-14-1-5-28(6-2-14)11-19(24)25)10-18-21(17)22(29)27-20(26-18)13-32-16-3-7-30-8-4-16/h9-10,14,16,19,21H,1-8,11-13H2. The summed E-state index contributed by atoms with van der Waals surface area (Å²) in [6.45, 7) is 2.88. The van der Waals surface area contributed by atoms with Gasteiger partial charge in [0.25, 0.3) is 12.3 Å². The van der Waals surface area contributed by atoms with Crippen molar-refractivity contribution in [1.29, 1.82) is 0 Å². The molecule has 0 aromatic carbocycles. The average molecular weight is 472 g/mol. The average Bonchev–Trinajstić information content (AvgIpc) is 2.77. The lowest BCUT2D eigenvalue weighted by atomic mass is 9.94. The Hall–Kier alpha value is -1.65. The zero-order chi connectivity index (χ0) is 22.5. The minimum Gasteiger partial charge on any atom is -0.493 e. The molecule has 3 aliphatic heterocycles. The van der Waals surface area contributed by atoms with Crippen molar-refractivity contribution in [3.05, 3.63) is 23.7 Å². The van der Waals surface area contributed by atoms with Gasteiger partial charge in [0.05, 0.1) is 24.6 Å². The predicted molar refractivity (Wildman–Crippen MR) is 118 cm³/mol. The number of amidine groups is 1. The van der Waals surface area contributed by atoms with Gasteiger partial charge in [0.1, 0.15) is 23.3 Å². The van der Waals surface area contributed by atoms with Gasteiger partial charge in [0, 0.05) is 30.6 Å². The van der Waals surface area contributed by atoms with E-state index >= 15 is 0 Å². The lowest BCUT2D eigenvalue weighted by Gasteiger charge is -2.31. The van der Waals surface area contributed by atoms with E-state index in [1.54, 1.807) is 22.7 Å². The highest BCUT2D eigenvalue weighted by Crippen LogP contribution is 2.30. The van der Waals surface area contributed by atoms with Crippen LogP contribution in [0, 0.1) is 11.8 Å².